The zero-order chi connectivity index (χ0) is 12.0. The van der Waals surface area contributed by atoms with E-state index in [0.717, 1.165) is 25.5 Å². The predicted octanol–water partition coefficient (Wildman–Crippen LogP) is 1.73. The van der Waals surface area contributed by atoms with Gasteiger partial charge in [-0.3, -0.25) is 10.4 Å². The van der Waals surface area contributed by atoms with Crippen molar-refractivity contribution in [1.29, 1.82) is 0 Å². The van der Waals surface area contributed by atoms with Crippen LogP contribution in [0, 0.1) is 5.92 Å². The number of hydrogen-bond acceptors (Lipinski definition) is 2. The Hall–Kier alpha value is -0.770. The van der Waals surface area contributed by atoms with Crippen LogP contribution >= 0.6 is 0 Å². The third kappa shape index (κ3) is 3.37. The van der Waals surface area contributed by atoms with Crippen molar-refractivity contribution in [3.05, 3.63) is 0 Å². The fourth-order valence-corrected chi connectivity index (χ4v) is 2.31. The lowest BCUT2D eigenvalue weighted by Crippen LogP contribution is -2.48. The second kappa shape index (κ2) is 6.74. The number of nitrogens with zero attached hydrogens (tertiary/aromatic N) is 2. The van der Waals surface area contributed by atoms with Crippen molar-refractivity contribution in [2.45, 2.75) is 52.5 Å². The molecule has 0 aliphatic carbocycles. The minimum atomic E-state index is 0.594. The molecule has 3 N–H and O–H groups in total. The summed E-state index contributed by atoms with van der Waals surface area (Å²) in [7, 11) is 0. The van der Waals surface area contributed by atoms with Crippen molar-refractivity contribution in [1.82, 2.24) is 10.3 Å². The number of hydrogen-bond donors (Lipinski definition) is 2. The Labute approximate surface area is 99.3 Å². The standard InChI is InChI=1S/C12H26N4/c1-4-5-8-14-12(15-13)16-9-6-7-11(16)10(2)3/h10-11H,4-9,13H2,1-3H3,(H,14,15). The zero-order valence-electron chi connectivity index (χ0n) is 10.9. The number of likely N-dealkylation sites (tertiary alicyclic amines) is 1. The molecule has 1 saturated heterocycles. The molecule has 0 radical (unpaired) electrons. The number of aliphatic imine (C=N–C) groups is 1. The summed E-state index contributed by atoms with van der Waals surface area (Å²) in [5.74, 6) is 7.11. The fourth-order valence-electron chi connectivity index (χ4n) is 2.31. The molecule has 0 aromatic heterocycles. The summed E-state index contributed by atoms with van der Waals surface area (Å²) in [4.78, 5) is 6.89. The van der Waals surface area contributed by atoms with Gasteiger partial charge < -0.3 is 4.90 Å². The molecule has 1 rings (SSSR count). The topological polar surface area (TPSA) is 53.6 Å². The summed E-state index contributed by atoms with van der Waals surface area (Å²) in [5.41, 5.74) is 2.76. The lowest BCUT2D eigenvalue weighted by Gasteiger charge is -2.30. The minimum Gasteiger partial charge on any atom is -0.339 e. The van der Waals surface area contributed by atoms with Gasteiger partial charge >= 0.3 is 0 Å². The van der Waals surface area contributed by atoms with Gasteiger partial charge in [0.2, 0.25) is 5.96 Å². The molecule has 94 valence electrons. The van der Waals surface area contributed by atoms with Gasteiger partial charge in [-0.05, 0) is 25.2 Å². The molecule has 1 heterocycles. The van der Waals surface area contributed by atoms with Crippen LogP contribution in [0.5, 0.6) is 0 Å². The summed E-state index contributed by atoms with van der Waals surface area (Å²) < 4.78 is 0. The van der Waals surface area contributed by atoms with Crippen molar-refractivity contribution in [2.75, 3.05) is 13.1 Å². The highest BCUT2D eigenvalue weighted by Gasteiger charge is 2.29. The molecule has 0 spiro atoms. The van der Waals surface area contributed by atoms with E-state index in [1.54, 1.807) is 0 Å². The summed E-state index contributed by atoms with van der Waals surface area (Å²) in [5, 5.41) is 0. The minimum absolute atomic E-state index is 0.594. The van der Waals surface area contributed by atoms with E-state index in [1.807, 2.05) is 0 Å². The summed E-state index contributed by atoms with van der Waals surface area (Å²) in [6.07, 6.45) is 4.81. The van der Waals surface area contributed by atoms with Gasteiger partial charge in [0.25, 0.3) is 0 Å². The van der Waals surface area contributed by atoms with Crippen LogP contribution in [0.2, 0.25) is 0 Å². The first-order valence-electron chi connectivity index (χ1n) is 6.48. The average Bonchev–Trinajstić information content (AvgIpc) is 2.73. The summed E-state index contributed by atoms with van der Waals surface area (Å²) in [6, 6.07) is 0.594. The molecular formula is C12H26N4. The van der Waals surface area contributed by atoms with Gasteiger partial charge in [0, 0.05) is 19.1 Å². The van der Waals surface area contributed by atoms with E-state index in [-0.39, 0.29) is 0 Å². The largest absolute Gasteiger partial charge is 0.339 e. The Morgan fingerprint density at radius 1 is 1.56 bits per heavy atom. The van der Waals surface area contributed by atoms with Gasteiger partial charge in [0.1, 0.15) is 0 Å². The zero-order valence-corrected chi connectivity index (χ0v) is 10.9. The number of rotatable bonds is 4. The van der Waals surface area contributed by atoms with E-state index in [0.29, 0.717) is 12.0 Å². The monoisotopic (exact) mass is 226 g/mol. The van der Waals surface area contributed by atoms with E-state index in [1.165, 1.54) is 19.3 Å². The van der Waals surface area contributed by atoms with Gasteiger partial charge in [-0.25, -0.2) is 5.84 Å². The highest BCUT2D eigenvalue weighted by Crippen LogP contribution is 2.23. The van der Waals surface area contributed by atoms with Crippen molar-refractivity contribution in [3.8, 4) is 0 Å². The van der Waals surface area contributed by atoms with E-state index in [2.05, 4.69) is 36.1 Å². The van der Waals surface area contributed by atoms with Crippen molar-refractivity contribution in [3.63, 3.8) is 0 Å². The summed E-state index contributed by atoms with van der Waals surface area (Å²) >= 11 is 0. The molecule has 4 heteroatoms. The van der Waals surface area contributed by atoms with E-state index >= 15 is 0 Å². The molecule has 1 unspecified atom stereocenters. The third-order valence-corrected chi connectivity index (χ3v) is 3.24. The van der Waals surface area contributed by atoms with Crippen LogP contribution in [-0.4, -0.2) is 30.0 Å². The van der Waals surface area contributed by atoms with Gasteiger partial charge in [-0.15, -0.1) is 0 Å². The second-order valence-corrected chi connectivity index (χ2v) is 4.85. The Kier molecular flexibility index (Phi) is 5.60. The molecule has 1 atom stereocenters. The summed E-state index contributed by atoms with van der Waals surface area (Å²) in [6.45, 7) is 8.67. The van der Waals surface area contributed by atoms with Gasteiger partial charge in [-0.1, -0.05) is 27.2 Å². The maximum absolute atomic E-state index is 5.57. The maximum atomic E-state index is 5.57. The molecule has 0 aromatic carbocycles. The smallest absolute Gasteiger partial charge is 0.208 e. The van der Waals surface area contributed by atoms with Crippen LogP contribution in [0.3, 0.4) is 0 Å². The van der Waals surface area contributed by atoms with Crippen molar-refractivity contribution >= 4 is 5.96 Å². The van der Waals surface area contributed by atoms with Crippen molar-refractivity contribution in [2.24, 2.45) is 16.8 Å². The Balaban J connectivity index is 2.60. The van der Waals surface area contributed by atoms with Crippen LogP contribution in [0.1, 0.15) is 46.5 Å². The molecule has 0 bridgehead atoms. The lowest BCUT2D eigenvalue weighted by atomic mass is 10.0. The first-order chi connectivity index (χ1) is 7.70. The Morgan fingerprint density at radius 2 is 2.31 bits per heavy atom. The predicted molar refractivity (Wildman–Crippen MR) is 69.1 cm³/mol. The molecule has 4 nitrogen and oxygen atoms in total. The molecule has 1 aliphatic rings. The quantitative estimate of drug-likeness (QED) is 0.252. The highest BCUT2D eigenvalue weighted by atomic mass is 15.4. The molecular weight excluding hydrogens is 200 g/mol. The van der Waals surface area contributed by atoms with Crippen LogP contribution in [0.15, 0.2) is 4.99 Å². The average molecular weight is 226 g/mol. The molecule has 16 heavy (non-hydrogen) atoms. The van der Waals surface area contributed by atoms with E-state index in [9.17, 15) is 0 Å². The second-order valence-electron chi connectivity index (χ2n) is 4.85. The van der Waals surface area contributed by atoms with Gasteiger partial charge in [-0.2, -0.15) is 0 Å². The number of nitrogens with two attached hydrogens (primary N) is 1. The Bertz CT molecular complexity index is 225. The maximum Gasteiger partial charge on any atom is 0.208 e. The number of unbranched alkanes of at least 4 members (excludes halogenated alkanes) is 1. The third-order valence-electron chi connectivity index (χ3n) is 3.24. The lowest BCUT2D eigenvalue weighted by molar-refractivity contribution is 0.300. The van der Waals surface area contributed by atoms with Crippen LogP contribution in [0.4, 0.5) is 0 Å². The van der Waals surface area contributed by atoms with E-state index in [4.69, 9.17) is 5.84 Å². The highest BCUT2D eigenvalue weighted by molar-refractivity contribution is 5.80. The first-order valence-corrected chi connectivity index (χ1v) is 6.48. The number of guanidine groups is 1. The number of nitrogens with one attached hydrogen (secondary N) is 1. The fraction of sp³-hybridized carbons (Fsp3) is 0.917. The van der Waals surface area contributed by atoms with Gasteiger partial charge in [0.05, 0.1) is 0 Å². The molecule has 1 aliphatic heterocycles. The van der Waals surface area contributed by atoms with Crippen LogP contribution in [-0.2, 0) is 0 Å². The van der Waals surface area contributed by atoms with Crippen molar-refractivity contribution < 1.29 is 0 Å². The molecule has 0 amide bonds. The van der Waals surface area contributed by atoms with Crippen LogP contribution < -0.4 is 11.3 Å². The Morgan fingerprint density at radius 3 is 2.88 bits per heavy atom. The SMILES string of the molecule is CCCCN=C(NN)N1CCCC1C(C)C. The number of hydrazine groups is 1. The van der Waals surface area contributed by atoms with Gasteiger partial charge in [0.15, 0.2) is 0 Å². The molecule has 1 fully saturated rings. The normalized spacial score (nSPS) is 21.9. The van der Waals surface area contributed by atoms with Crippen LogP contribution in [0.25, 0.3) is 0 Å². The first kappa shape index (κ1) is 13.3. The molecule has 0 saturated carbocycles. The molecule has 0 aromatic rings. The van der Waals surface area contributed by atoms with E-state index < -0.39 is 0 Å².